The van der Waals surface area contributed by atoms with Gasteiger partial charge in [-0.25, -0.2) is 4.79 Å². The molecule has 0 bridgehead atoms. The summed E-state index contributed by atoms with van der Waals surface area (Å²) in [6.45, 7) is 3.38. The van der Waals surface area contributed by atoms with Crippen LogP contribution >= 0.6 is 0 Å². The molecule has 4 rings (SSSR count). The van der Waals surface area contributed by atoms with Gasteiger partial charge in [-0.1, -0.05) is 72.8 Å². The van der Waals surface area contributed by atoms with Crippen LogP contribution in [0, 0.1) is 6.92 Å². The Balaban J connectivity index is 1.81. The zero-order valence-electron chi connectivity index (χ0n) is 17.5. The van der Waals surface area contributed by atoms with Crippen molar-refractivity contribution in [2.24, 2.45) is 0 Å². The highest BCUT2D eigenvalue weighted by molar-refractivity contribution is 5.86. The number of benzene rings is 3. The molecule has 6 nitrogen and oxygen atoms in total. The lowest BCUT2D eigenvalue weighted by molar-refractivity contribution is 0.0390. The topological polar surface area (TPSA) is 84.3 Å². The first-order chi connectivity index (χ1) is 14.9. The Hall–Kier alpha value is -3.48. The molecule has 4 aromatic rings. The zero-order chi connectivity index (χ0) is 22.0. The second kappa shape index (κ2) is 8.34. The molecule has 0 radical (unpaired) electrons. The molecule has 1 heterocycles. The molecule has 6 heteroatoms. The van der Waals surface area contributed by atoms with E-state index in [1.54, 1.807) is 13.8 Å². The third-order valence-electron chi connectivity index (χ3n) is 5.54. The van der Waals surface area contributed by atoms with Gasteiger partial charge in [-0.2, -0.15) is 0 Å². The largest absolute Gasteiger partial charge is 0.379 e. The van der Waals surface area contributed by atoms with Crippen LogP contribution in [0.25, 0.3) is 10.8 Å². The minimum atomic E-state index is -1.60. The molecule has 0 aliphatic heterocycles. The van der Waals surface area contributed by atoms with Crippen molar-refractivity contribution in [2.45, 2.75) is 32.8 Å². The third-order valence-corrected chi connectivity index (χ3v) is 5.54. The number of aromatic amines is 1. The fourth-order valence-electron chi connectivity index (χ4n) is 4.03. The maximum Gasteiger partial charge on any atom is 0.330 e. The number of rotatable bonds is 6. The van der Waals surface area contributed by atoms with Crippen LogP contribution in [0.3, 0.4) is 0 Å². The lowest BCUT2D eigenvalue weighted by Crippen LogP contribution is -2.41. The van der Waals surface area contributed by atoms with Crippen LogP contribution < -0.4 is 11.2 Å². The van der Waals surface area contributed by atoms with Crippen LogP contribution in [0.15, 0.2) is 82.4 Å². The van der Waals surface area contributed by atoms with Crippen molar-refractivity contribution < 1.29 is 9.84 Å². The average Bonchev–Trinajstić information content (AvgIpc) is 2.77. The van der Waals surface area contributed by atoms with Gasteiger partial charge in [0.2, 0.25) is 0 Å². The number of ether oxygens (including phenoxy) is 1. The number of aromatic nitrogens is 2. The van der Waals surface area contributed by atoms with Gasteiger partial charge in [0.1, 0.15) is 12.3 Å². The Morgan fingerprint density at radius 2 is 1.65 bits per heavy atom. The normalized spacial score (nSPS) is 13.3. The second-order valence-electron chi connectivity index (χ2n) is 7.72. The highest BCUT2D eigenvalue weighted by Crippen LogP contribution is 2.34. The summed E-state index contributed by atoms with van der Waals surface area (Å²) in [5, 5.41) is 13.5. The van der Waals surface area contributed by atoms with E-state index >= 15 is 0 Å². The van der Waals surface area contributed by atoms with E-state index in [9.17, 15) is 14.7 Å². The zero-order valence-corrected chi connectivity index (χ0v) is 17.5. The van der Waals surface area contributed by atoms with Gasteiger partial charge in [-0.3, -0.25) is 14.3 Å². The van der Waals surface area contributed by atoms with Crippen LogP contribution in [0.4, 0.5) is 0 Å². The predicted octanol–water partition coefficient (Wildman–Crippen LogP) is 3.43. The first-order valence-corrected chi connectivity index (χ1v) is 10.1. The van der Waals surface area contributed by atoms with Crippen LogP contribution in [0.5, 0.6) is 0 Å². The van der Waals surface area contributed by atoms with Gasteiger partial charge in [0.15, 0.2) is 0 Å². The first kappa shape index (κ1) is 20.8. The fourth-order valence-corrected chi connectivity index (χ4v) is 4.03. The second-order valence-corrected chi connectivity index (χ2v) is 7.72. The Bertz CT molecular complexity index is 1330. The van der Waals surface area contributed by atoms with E-state index in [4.69, 9.17) is 4.74 Å². The Morgan fingerprint density at radius 3 is 2.42 bits per heavy atom. The van der Waals surface area contributed by atoms with Crippen LogP contribution in [-0.2, 0) is 23.7 Å². The van der Waals surface area contributed by atoms with Crippen molar-refractivity contribution in [3.63, 3.8) is 0 Å². The summed E-state index contributed by atoms with van der Waals surface area (Å²) < 4.78 is 7.06. The van der Waals surface area contributed by atoms with Crippen LogP contribution in [0.2, 0.25) is 0 Å². The van der Waals surface area contributed by atoms with Gasteiger partial charge < -0.3 is 9.84 Å². The maximum absolute atomic E-state index is 12.7. The molecule has 1 aromatic heterocycles. The number of fused-ring (bicyclic) bond motifs is 1. The van der Waals surface area contributed by atoms with Crippen molar-refractivity contribution in [3.8, 4) is 0 Å². The summed E-state index contributed by atoms with van der Waals surface area (Å²) in [5.74, 6) is 0. The summed E-state index contributed by atoms with van der Waals surface area (Å²) in [5.41, 5.74) is -0.714. The van der Waals surface area contributed by atoms with Crippen LogP contribution in [-0.4, -0.2) is 14.7 Å². The van der Waals surface area contributed by atoms with Crippen molar-refractivity contribution in [1.29, 1.82) is 0 Å². The highest BCUT2D eigenvalue weighted by atomic mass is 16.5. The Morgan fingerprint density at radius 1 is 0.968 bits per heavy atom. The summed E-state index contributed by atoms with van der Waals surface area (Å²) in [7, 11) is 0. The molecule has 31 heavy (non-hydrogen) atoms. The van der Waals surface area contributed by atoms with E-state index in [0.29, 0.717) is 12.2 Å². The lowest BCUT2D eigenvalue weighted by Gasteiger charge is -2.30. The Labute approximate surface area is 179 Å². The number of nitrogens with one attached hydrogen (secondary N) is 1. The molecule has 1 unspecified atom stereocenters. The molecule has 158 valence electrons. The van der Waals surface area contributed by atoms with E-state index in [1.807, 2.05) is 72.8 Å². The van der Waals surface area contributed by atoms with E-state index in [0.717, 1.165) is 16.3 Å². The van der Waals surface area contributed by atoms with E-state index in [-0.39, 0.29) is 18.0 Å². The minimum absolute atomic E-state index is 0.110. The number of hydrogen-bond donors (Lipinski definition) is 2. The van der Waals surface area contributed by atoms with Gasteiger partial charge in [0.05, 0.1) is 12.3 Å². The third kappa shape index (κ3) is 3.95. The van der Waals surface area contributed by atoms with Gasteiger partial charge in [-0.15, -0.1) is 0 Å². The molecule has 0 saturated heterocycles. The molecular weight excluding hydrogens is 392 g/mol. The minimum Gasteiger partial charge on any atom is -0.379 e. The highest BCUT2D eigenvalue weighted by Gasteiger charge is 2.33. The van der Waals surface area contributed by atoms with E-state index in [2.05, 4.69) is 4.98 Å². The molecule has 2 N–H and O–H groups in total. The summed E-state index contributed by atoms with van der Waals surface area (Å²) in [4.78, 5) is 27.5. The summed E-state index contributed by atoms with van der Waals surface area (Å²) in [6.07, 6.45) is 0. The maximum atomic E-state index is 12.7. The molecule has 0 aliphatic rings. The van der Waals surface area contributed by atoms with Crippen molar-refractivity contribution in [1.82, 2.24) is 9.55 Å². The molecule has 0 aliphatic carbocycles. The van der Waals surface area contributed by atoms with Gasteiger partial charge >= 0.3 is 5.69 Å². The molecule has 0 spiro atoms. The standard InChI is InChI=1S/C25H24N2O4/c1-17-22(25(2,30)21-14-8-12-19-11-6-7-13-20(19)21)27(24(29)26-23(17)28)16-31-15-18-9-4-3-5-10-18/h3-14,30H,15-16H2,1-2H3,(H,26,28,29). The van der Waals surface area contributed by atoms with Gasteiger partial charge in [0, 0.05) is 5.56 Å². The predicted molar refractivity (Wildman–Crippen MR) is 120 cm³/mol. The molecular formula is C25H24N2O4. The SMILES string of the molecule is Cc1c(C(C)(O)c2cccc3ccccc23)n(COCc2ccccc2)c(=O)[nH]c1=O. The quantitative estimate of drug-likeness (QED) is 0.504. The van der Waals surface area contributed by atoms with Gasteiger partial charge in [-0.05, 0) is 35.7 Å². The number of aliphatic hydroxyl groups is 1. The van der Waals surface area contributed by atoms with Crippen molar-refractivity contribution in [3.05, 3.63) is 116 Å². The molecule has 0 amide bonds. The van der Waals surface area contributed by atoms with E-state index < -0.39 is 16.9 Å². The smallest absolute Gasteiger partial charge is 0.330 e. The van der Waals surface area contributed by atoms with E-state index in [1.165, 1.54) is 4.57 Å². The molecule has 0 saturated carbocycles. The Kier molecular flexibility index (Phi) is 5.59. The fraction of sp³-hybridized carbons (Fsp3) is 0.200. The summed E-state index contributed by atoms with van der Waals surface area (Å²) in [6, 6.07) is 22.9. The number of H-pyrrole nitrogens is 1. The molecule has 0 fully saturated rings. The lowest BCUT2D eigenvalue weighted by atomic mass is 9.86. The molecule has 1 atom stereocenters. The van der Waals surface area contributed by atoms with Crippen LogP contribution in [0.1, 0.15) is 29.3 Å². The number of hydrogen-bond acceptors (Lipinski definition) is 4. The average molecular weight is 416 g/mol. The molecule has 3 aromatic carbocycles. The number of nitrogens with zero attached hydrogens (tertiary/aromatic N) is 1. The van der Waals surface area contributed by atoms with Crippen molar-refractivity contribution >= 4 is 10.8 Å². The first-order valence-electron chi connectivity index (χ1n) is 10.1. The van der Waals surface area contributed by atoms with Crippen molar-refractivity contribution in [2.75, 3.05) is 0 Å². The van der Waals surface area contributed by atoms with Gasteiger partial charge in [0.25, 0.3) is 5.56 Å². The monoisotopic (exact) mass is 416 g/mol. The summed E-state index contributed by atoms with van der Waals surface area (Å²) >= 11 is 0.